The lowest BCUT2D eigenvalue weighted by molar-refractivity contribution is 0.155. The van der Waals surface area contributed by atoms with Crippen molar-refractivity contribution in [2.45, 2.75) is 58.0 Å². The van der Waals surface area contributed by atoms with Gasteiger partial charge < -0.3 is 5.32 Å². The van der Waals surface area contributed by atoms with E-state index in [1.54, 1.807) is 0 Å². The summed E-state index contributed by atoms with van der Waals surface area (Å²) in [7, 11) is 2.08. The first-order valence-electron chi connectivity index (χ1n) is 7.93. The molecule has 2 rings (SSSR count). The van der Waals surface area contributed by atoms with Crippen LogP contribution >= 0.6 is 0 Å². The number of hydrogen-bond acceptors (Lipinski definition) is 2. The van der Waals surface area contributed by atoms with Crippen molar-refractivity contribution in [2.24, 2.45) is 0 Å². The molecule has 1 aliphatic heterocycles. The van der Waals surface area contributed by atoms with Crippen LogP contribution in [0.1, 0.15) is 57.7 Å². The van der Waals surface area contributed by atoms with Crippen molar-refractivity contribution in [1.29, 1.82) is 0 Å². The fourth-order valence-electron chi connectivity index (χ4n) is 3.05. The molecule has 0 aliphatic carbocycles. The third-order valence-electron chi connectivity index (χ3n) is 4.74. The van der Waals surface area contributed by atoms with E-state index < -0.39 is 0 Å². The smallest absolute Gasteiger partial charge is 0.0319 e. The maximum absolute atomic E-state index is 3.40. The Labute approximate surface area is 124 Å². The third kappa shape index (κ3) is 3.62. The third-order valence-corrected chi connectivity index (χ3v) is 4.74. The van der Waals surface area contributed by atoms with Crippen LogP contribution in [0, 0.1) is 0 Å². The van der Waals surface area contributed by atoms with E-state index in [2.05, 4.69) is 69.2 Å². The van der Waals surface area contributed by atoms with Crippen molar-refractivity contribution < 1.29 is 0 Å². The minimum absolute atomic E-state index is 0.243. The lowest BCUT2D eigenvalue weighted by Gasteiger charge is -2.36. The molecule has 1 unspecified atom stereocenters. The standard InChI is InChI=1S/C18H30N2/c1-14(20-12-10-17(19-5)11-13-20)15-6-8-16(9-7-15)18(2,3)4/h6-9,14,17,19H,10-13H2,1-5H3. The minimum Gasteiger partial charge on any atom is -0.317 e. The second-order valence-electron chi connectivity index (χ2n) is 7.15. The van der Waals surface area contributed by atoms with E-state index in [9.17, 15) is 0 Å². The van der Waals surface area contributed by atoms with Gasteiger partial charge in [-0.05, 0) is 43.4 Å². The van der Waals surface area contributed by atoms with Gasteiger partial charge in [0.15, 0.2) is 0 Å². The summed E-state index contributed by atoms with van der Waals surface area (Å²) in [5.74, 6) is 0. The van der Waals surface area contributed by atoms with Crippen LogP contribution in [0.5, 0.6) is 0 Å². The van der Waals surface area contributed by atoms with Crippen molar-refractivity contribution in [2.75, 3.05) is 20.1 Å². The highest BCUT2D eigenvalue weighted by atomic mass is 15.2. The Hall–Kier alpha value is -0.860. The van der Waals surface area contributed by atoms with E-state index in [0.717, 1.165) is 0 Å². The summed E-state index contributed by atoms with van der Waals surface area (Å²) in [5.41, 5.74) is 3.11. The molecule has 0 radical (unpaired) electrons. The molecule has 0 saturated carbocycles. The van der Waals surface area contributed by atoms with Gasteiger partial charge in [0, 0.05) is 25.2 Å². The normalized spacial score (nSPS) is 20.1. The molecule has 2 heteroatoms. The number of piperidine rings is 1. The number of likely N-dealkylation sites (tertiary alicyclic amines) is 1. The molecule has 20 heavy (non-hydrogen) atoms. The molecule has 1 aliphatic rings. The highest BCUT2D eigenvalue weighted by molar-refractivity contribution is 5.29. The van der Waals surface area contributed by atoms with E-state index in [1.165, 1.54) is 37.1 Å². The summed E-state index contributed by atoms with van der Waals surface area (Å²) in [6.45, 7) is 11.6. The predicted molar refractivity (Wildman–Crippen MR) is 87.2 cm³/mol. The number of nitrogens with one attached hydrogen (secondary N) is 1. The minimum atomic E-state index is 0.243. The first-order valence-corrected chi connectivity index (χ1v) is 7.93. The van der Waals surface area contributed by atoms with Gasteiger partial charge >= 0.3 is 0 Å². The molecule has 1 saturated heterocycles. The average Bonchev–Trinajstić information content (AvgIpc) is 2.46. The van der Waals surface area contributed by atoms with E-state index in [-0.39, 0.29) is 5.41 Å². The Kier molecular flexibility index (Phi) is 4.87. The lowest BCUT2D eigenvalue weighted by Crippen LogP contribution is -2.42. The maximum atomic E-state index is 3.40. The molecule has 2 nitrogen and oxygen atoms in total. The Morgan fingerprint density at radius 2 is 1.65 bits per heavy atom. The SMILES string of the molecule is CNC1CCN(C(C)c2ccc(C(C)(C)C)cc2)CC1. The topological polar surface area (TPSA) is 15.3 Å². The van der Waals surface area contributed by atoms with E-state index in [0.29, 0.717) is 12.1 Å². The summed E-state index contributed by atoms with van der Waals surface area (Å²) in [4.78, 5) is 2.61. The predicted octanol–water partition coefficient (Wildman–Crippen LogP) is 3.73. The molecule has 1 atom stereocenters. The number of rotatable bonds is 3. The molecular formula is C18H30N2. The fourth-order valence-corrected chi connectivity index (χ4v) is 3.05. The van der Waals surface area contributed by atoms with Gasteiger partial charge in [-0.2, -0.15) is 0 Å². The van der Waals surface area contributed by atoms with Crippen LogP contribution in [0.15, 0.2) is 24.3 Å². The van der Waals surface area contributed by atoms with Crippen LogP contribution in [-0.4, -0.2) is 31.1 Å². The molecule has 1 fully saturated rings. The Morgan fingerprint density at radius 1 is 1.10 bits per heavy atom. The number of benzene rings is 1. The van der Waals surface area contributed by atoms with Gasteiger partial charge in [-0.1, -0.05) is 45.0 Å². The average molecular weight is 274 g/mol. The lowest BCUT2D eigenvalue weighted by atomic mass is 9.86. The van der Waals surface area contributed by atoms with Crippen molar-refractivity contribution in [3.8, 4) is 0 Å². The summed E-state index contributed by atoms with van der Waals surface area (Å²) in [6, 6.07) is 10.5. The van der Waals surface area contributed by atoms with Crippen LogP contribution in [0.2, 0.25) is 0 Å². The maximum Gasteiger partial charge on any atom is 0.0319 e. The molecule has 0 amide bonds. The van der Waals surface area contributed by atoms with Gasteiger partial charge in [-0.25, -0.2) is 0 Å². The fraction of sp³-hybridized carbons (Fsp3) is 0.667. The monoisotopic (exact) mass is 274 g/mol. The van der Waals surface area contributed by atoms with Gasteiger partial charge in [0.1, 0.15) is 0 Å². The number of nitrogens with zero attached hydrogens (tertiary/aromatic N) is 1. The molecule has 1 aromatic rings. The van der Waals surface area contributed by atoms with Gasteiger partial charge in [-0.3, -0.25) is 4.90 Å². The van der Waals surface area contributed by atoms with Gasteiger partial charge in [0.2, 0.25) is 0 Å². The van der Waals surface area contributed by atoms with E-state index >= 15 is 0 Å². The Morgan fingerprint density at radius 3 is 2.10 bits per heavy atom. The van der Waals surface area contributed by atoms with Crippen LogP contribution in [0.25, 0.3) is 0 Å². The second-order valence-corrected chi connectivity index (χ2v) is 7.15. The van der Waals surface area contributed by atoms with Gasteiger partial charge in [0.05, 0.1) is 0 Å². The van der Waals surface area contributed by atoms with Crippen molar-refractivity contribution >= 4 is 0 Å². The zero-order chi connectivity index (χ0) is 14.8. The van der Waals surface area contributed by atoms with E-state index in [1.807, 2.05) is 0 Å². The summed E-state index contributed by atoms with van der Waals surface area (Å²) in [5, 5.41) is 3.40. The van der Waals surface area contributed by atoms with Crippen molar-refractivity contribution in [1.82, 2.24) is 10.2 Å². The van der Waals surface area contributed by atoms with Gasteiger partial charge in [0.25, 0.3) is 0 Å². The van der Waals surface area contributed by atoms with Gasteiger partial charge in [-0.15, -0.1) is 0 Å². The molecule has 0 aromatic heterocycles. The zero-order valence-corrected chi connectivity index (χ0v) is 13.7. The highest BCUT2D eigenvalue weighted by Crippen LogP contribution is 2.27. The summed E-state index contributed by atoms with van der Waals surface area (Å²) < 4.78 is 0. The van der Waals surface area contributed by atoms with Crippen LogP contribution in [0.4, 0.5) is 0 Å². The molecular weight excluding hydrogens is 244 g/mol. The zero-order valence-electron chi connectivity index (χ0n) is 13.7. The molecule has 1 N–H and O–H groups in total. The molecule has 1 heterocycles. The van der Waals surface area contributed by atoms with Crippen molar-refractivity contribution in [3.05, 3.63) is 35.4 Å². The highest BCUT2D eigenvalue weighted by Gasteiger charge is 2.23. The molecule has 0 bridgehead atoms. The summed E-state index contributed by atoms with van der Waals surface area (Å²) in [6.07, 6.45) is 2.53. The second kappa shape index (κ2) is 6.28. The van der Waals surface area contributed by atoms with Crippen molar-refractivity contribution in [3.63, 3.8) is 0 Å². The Bertz CT molecular complexity index is 408. The summed E-state index contributed by atoms with van der Waals surface area (Å²) >= 11 is 0. The number of hydrogen-bond donors (Lipinski definition) is 1. The van der Waals surface area contributed by atoms with Crippen LogP contribution in [0.3, 0.4) is 0 Å². The Balaban J connectivity index is 2.01. The van der Waals surface area contributed by atoms with E-state index in [4.69, 9.17) is 0 Å². The molecule has 112 valence electrons. The quantitative estimate of drug-likeness (QED) is 0.903. The molecule has 1 aromatic carbocycles. The van der Waals surface area contributed by atoms with Crippen LogP contribution in [-0.2, 0) is 5.41 Å². The first-order chi connectivity index (χ1) is 9.41. The largest absolute Gasteiger partial charge is 0.317 e. The van der Waals surface area contributed by atoms with Crippen LogP contribution < -0.4 is 5.32 Å². The first kappa shape index (κ1) is 15.5. The molecule has 0 spiro atoms.